The number of hydrogen-bond acceptors (Lipinski definition) is 0. The predicted molar refractivity (Wildman–Crippen MR) is 77.6 cm³/mol. The first-order valence-electron chi connectivity index (χ1n) is 5.71. The van der Waals surface area contributed by atoms with Crippen LogP contribution in [0.3, 0.4) is 0 Å². The van der Waals surface area contributed by atoms with E-state index in [9.17, 15) is 4.39 Å². The standard InChI is InChI=1S/C15H13BrClF/c1-10-3-2-4-11(7-10)8-14(17)12-5-6-15(18)13(16)9-12/h2-7,9,14H,8H2,1H3. The van der Waals surface area contributed by atoms with Crippen LogP contribution < -0.4 is 0 Å². The summed E-state index contributed by atoms with van der Waals surface area (Å²) >= 11 is 9.55. The Hall–Kier alpha value is -0.860. The first kappa shape index (κ1) is 13.6. The van der Waals surface area contributed by atoms with E-state index in [-0.39, 0.29) is 11.2 Å². The Morgan fingerprint density at radius 3 is 2.67 bits per heavy atom. The fraction of sp³-hybridized carbons (Fsp3) is 0.200. The first-order valence-corrected chi connectivity index (χ1v) is 6.94. The lowest BCUT2D eigenvalue weighted by Crippen LogP contribution is -1.97. The normalized spacial score (nSPS) is 12.4. The van der Waals surface area contributed by atoms with Gasteiger partial charge in [0.05, 0.1) is 9.85 Å². The van der Waals surface area contributed by atoms with Gasteiger partial charge in [0.1, 0.15) is 5.82 Å². The summed E-state index contributed by atoms with van der Waals surface area (Å²) < 4.78 is 13.6. The summed E-state index contributed by atoms with van der Waals surface area (Å²) in [4.78, 5) is 0. The molecule has 0 N–H and O–H groups in total. The van der Waals surface area contributed by atoms with Gasteiger partial charge in [0.2, 0.25) is 0 Å². The van der Waals surface area contributed by atoms with Gasteiger partial charge in [-0.25, -0.2) is 4.39 Å². The lowest BCUT2D eigenvalue weighted by molar-refractivity contribution is 0.620. The van der Waals surface area contributed by atoms with Crippen molar-refractivity contribution in [2.75, 3.05) is 0 Å². The van der Waals surface area contributed by atoms with Crippen molar-refractivity contribution in [3.05, 3.63) is 69.4 Å². The zero-order chi connectivity index (χ0) is 13.1. The van der Waals surface area contributed by atoms with E-state index in [1.54, 1.807) is 12.1 Å². The number of benzene rings is 2. The number of alkyl halides is 1. The van der Waals surface area contributed by atoms with Crippen LogP contribution in [0.25, 0.3) is 0 Å². The minimum atomic E-state index is -0.266. The molecule has 0 spiro atoms. The van der Waals surface area contributed by atoms with Gasteiger partial charge in [0, 0.05) is 0 Å². The van der Waals surface area contributed by atoms with Crippen LogP contribution in [-0.2, 0) is 6.42 Å². The van der Waals surface area contributed by atoms with Crippen molar-refractivity contribution in [1.82, 2.24) is 0 Å². The lowest BCUT2D eigenvalue weighted by Gasteiger charge is -2.11. The lowest BCUT2D eigenvalue weighted by atomic mass is 10.0. The molecule has 2 aromatic rings. The SMILES string of the molecule is Cc1cccc(CC(Cl)c2ccc(F)c(Br)c2)c1. The Labute approximate surface area is 120 Å². The largest absolute Gasteiger partial charge is 0.206 e. The Morgan fingerprint density at radius 2 is 2.00 bits per heavy atom. The molecule has 3 heteroatoms. The van der Waals surface area contributed by atoms with Gasteiger partial charge in [-0.15, -0.1) is 11.6 Å². The summed E-state index contributed by atoms with van der Waals surface area (Å²) in [7, 11) is 0. The van der Waals surface area contributed by atoms with Crippen LogP contribution in [-0.4, -0.2) is 0 Å². The minimum absolute atomic E-state index is 0.149. The van der Waals surface area contributed by atoms with Crippen molar-refractivity contribution in [1.29, 1.82) is 0 Å². The Bertz CT molecular complexity index is 554. The van der Waals surface area contributed by atoms with Crippen molar-refractivity contribution < 1.29 is 4.39 Å². The third-order valence-electron chi connectivity index (χ3n) is 2.80. The number of hydrogen-bond donors (Lipinski definition) is 0. The molecule has 2 rings (SSSR count). The fourth-order valence-electron chi connectivity index (χ4n) is 1.87. The molecule has 0 fully saturated rings. The monoisotopic (exact) mass is 326 g/mol. The van der Waals surface area contributed by atoms with E-state index in [1.165, 1.54) is 17.2 Å². The highest BCUT2D eigenvalue weighted by molar-refractivity contribution is 9.10. The van der Waals surface area contributed by atoms with E-state index in [0.29, 0.717) is 4.47 Å². The minimum Gasteiger partial charge on any atom is -0.206 e. The average Bonchev–Trinajstić information content (AvgIpc) is 2.32. The van der Waals surface area contributed by atoms with Gasteiger partial charge < -0.3 is 0 Å². The second kappa shape index (κ2) is 5.85. The van der Waals surface area contributed by atoms with Crippen molar-refractivity contribution in [2.24, 2.45) is 0 Å². The molecule has 0 amide bonds. The second-order valence-corrected chi connectivity index (χ2v) is 5.72. The van der Waals surface area contributed by atoms with Crippen molar-refractivity contribution in [2.45, 2.75) is 18.7 Å². The van der Waals surface area contributed by atoms with Crippen LogP contribution >= 0.6 is 27.5 Å². The smallest absolute Gasteiger partial charge is 0.137 e. The summed E-state index contributed by atoms with van der Waals surface area (Å²) in [5.41, 5.74) is 3.33. The zero-order valence-electron chi connectivity index (χ0n) is 9.96. The molecule has 0 aliphatic heterocycles. The van der Waals surface area contributed by atoms with Crippen LogP contribution in [0.15, 0.2) is 46.9 Å². The van der Waals surface area contributed by atoms with Crippen LogP contribution in [0.5, 0.6) is 0 Å². The van der Waals surface area contributed by atoms with Gasteiger partial charge in [0.15, 0.2) is 0 Å². The molecule has 0 radical (unpaired) electrons. The number of aryl methyl sites for hydroxylation is 1. The highest BCUT2D eigenvalue weighted by Gasteiger charge is 2.11. The van der Waals surface area contributed by atoms with Crippen molar-refractivity contribution in [3.8, 4) is 0 Å². The van der Waals surface area contributed by atoms with Gasteiger partial charge in [-0.05, 0) is 52.5 Å². The van der Waals surface area contributed by atoms with Gasteiger partial charge >= 0.3 is 0 Å². The van der Waals surface area contributed by atoms with Crippen LogP contribution in [0, 0.1) is 12.7 Å². The van der Waals surface area contributed by atoms with Crippen LogP contribution in [0.2, 0.25) is 0 Å². The molecule has 0 saturated heterocycles. The fourth-order valence-corrected chi connectivity index (χ4v) is 2.58. The average molecular weight is 328 g/mol. The van der Waals surface area contributed by atoms with E-state index >= 15 is 0 Å². The molecule has 2 aromatic carbocycles. The highest BCUT2D eigenvalue weighted by atomic mass is 79.9. The number of rotatable bonds is 3. The van der Waals surface area contributed by atoms with Crippen molar-refractivity contribution in [3.63, 3.8) is 0 Å². The summed E-state index contributed by atoms with van der Waals surface area (Å²) in [6.45, 7) is 2.06. The van der Waals surface area contributed by atoms with Gasteiger partial charge in [0.25, 0.3) is 0 Å². The molecule has 94 valence electrons. The van der Waals surface area contributed by atoms with E-state index in [1.807, 2.05) is 6.07 Å². The van der Waals surface area contributed by atoms with E-state index in [2.05, 4.69) is 41.1 Å². The topological polar surface area (TPSA) is 0 Å². The van der Waals surface area contributed by atoms with Gasteiger partial charge in [-0.2, -0.15) is 0 Å². The summed E-state index contributed by atoms with van der Waals surface area (Å²) in [6.07, 6.45) is 0.737. The predicted octanol–water partition coefficient (Wildman–Crippen LogP) is 5.42. The molecular formula is C15H13BrClF. The van der Waals surface area contributed by atoms with E-state index in [0.717, 1.165) is 12.0 Å². The molecule has 0 saturated carbocycles. The second-order valence-electron chi connectivity index (χ2n) is 4.33. The molecule has 0 nitrogen and oxygen atoms in total. The maximum absolute atomic E-state index is 13.2. The number of halogens is 3. The maximum Gasteiger partial charge on any atom is 0.137 e. The molecule has 0 bridgehead atoms. The highest BCUT2D eigenvalue weighted by Crippen LogP contribution is 2.28. The summed E-state index contributed by atoms with van der Waals surface area (Å²) in [5.74, 6) is -0.266. The zero-order valence-corrected chi connectivity index (χ0v) is 12.3. The first-order chi connectivity index (χ1) is 8.56. The Morgan fingerprint density at radius 1 is 1.22 bits per heavy atom. The third-order valence-corrected chi connectivity index (χ3v) is 3.82. The van der Waals surface area contributed by atoms with E-state index < -0.39 is 0 Å². The van der Waals surface area contributed by atoms with Crippen LogP contribution in [0.1, 0.15) is 22.1 Å². The van der Waals surface area contributed by atoms with E-state index in [4.69, 9.17) is 11.6 Å². The Balaban J connectivity index is 2.16. The molecule has 1 atom stereocenters. The molecule has 0 aliphatic rings. The van der Waals surface area contributed by atoms with Crippen molar-refractivity contribution >= 4 is 27.5 Å². The van der Waals surface area contributed by atoms with Crippen LogP contribution in [0.4, 0.5) is 4.39 Å². The molecule has 0 aromatic heterocycles. The molecule has 1 unspecified atom stereocenters. The van der Waals surface area contributed by atoms with Gasteiger partial charge in [-0.3, -0.25) is 0 Å². The van der Waals surface area contributed by atoms with Gasteiger partial charge in [-0.1, -0.05) is 35.9 Å². The third kappa shape index (κ3) is 3.33. The molecule has 0 aliphatic carbocycles. The molecule has 0 heterocycles. The Kier molecular flexibility index (Phi) is 4.41. The summed E-state index contributed by atoms with van der Waals surface area (Å²) in [6, 6.07) is 13.2. The molecule has 18 heavy (non-hydrogen) atoms. The quantitative estimate of drug-likeness (QED) is 0.660. The maximum atomic E-state index is 13.2. The molecular weight excluding hydrogens is 315 g/mol. The summed E-state index contributed by atoms with van der Waals surface area (Å²) in [5, 5.41) is -0.149.